The number of nitrogens with zero attached hydrogens (tertiary/aromatic N) is 3. The lowest BCUT2D eigenvalue weighted by atomic mass is 10.2. The lowest BCUT2D eigenvalue weighted by Gasteiger charge is -2.36. The maximum absolute atomic E-state index is 12.1. The van der Waals surface area contributed by atoms with Crippen LogP contribution in [0.2, 0.25) is 0 Å². The average Bonchev–Trinajstić information content (AvgIpc) is 3.28. The quantitative estimate of drug-likeness (QED) is 0.609. The zero-order valence-corrected chi connectivity index (χ0v) is 11.1. The van der Waals surface area contributed by atoms with Crippen LogP contribution in [-0.2, 0) is 4.79 Å². The molecule has 6 heteroatoms. The predicted octanol–water partition coefficient (Wildman–Crippen LogP) is 1.00. The van der Waals surface area contributed by atoms with Gasteiger partial charge >= 0.3 is 0 Å². The molecule has 0 N–H and O–H groups in total. The first kappa shape index (κ1) is 12.9. The Morgan fingerprint density at radius 3 is 2.35 bits per heavy atom. The van der Waals surface area contributed by atoms with Gasteiger partial charge in [0.2, 0.25) is 11.9 Å². The number of benzene rings is 1. The van der Waals surface area contributed by atoms with E-state index in [1.54, 1.807) is 4.90 Å². The molecule has 1 aliphatic carbocycles. The fraction of sp³-hybridized carbons (Fsp3) is 0.500. The Bertz CT molecular complexity index is 512. The Balaban J connectivity index is 1.54. The minimum atomic E-state index is -0.644. The normalized spacial score (nSPS) is 25.4. The highest BCUT2D eigenvalue weighted by Crippen LogP contribution is 2.35. The molecule has 1 saturated heterocycles. The van der Waals surface area contributed by atoms with Crippen molar-refractivity contribution in [2.24, 2.45) is 5.92 Å². The highest BCUT2D eigenvalue weighted by molar-refractivity contribution is 5.82. The maximum Gasteiger partial charge on any atom is 0.233 e. The van der Waals surface area contributed by atoms with Gasteiger partial charge in [-0.3, -0.25) is 14.9 Å². The van der Waals surface area contributed by atoms with Gasteiger partial charge in [0.1, 0.15) is 5.92 Å². The number of anilines is 1. The molecule has 106 valence electrons. The van der Waals surface area contributed by atoms with E-state index in [2.05, 4.69) is 17.0 Å². The van der Waals surface area contributed by atoms with E-state index < -0.39 is 6.04 Å². The number of nitro groups is 1. The summed E-state index contributed by atoms with van der Waals surface area (Å²) in [5, 5.41) is 10.6. The molecule has 1 aromatic rings. The largest absolute Gasteiger partial charge is 0.368 e. The lowest BCUT2D eigenvalue weighted by Crippen LogP contribution is -2.49. The fourth-order valence-electron chi connectivity index (χ4n) is 2.74. The Kier molecular flexibility index (Phi) is 3.30. The minimum absolute atomic E-state index is 0.0422. The Morgan fingerprint density at radius 1 is 1.15 bits per heavy atom. The van der Waals surface area contributed by atoms with Crippen molar-refractivity contribution in [1.29, 1.82) is 0 Å². The molecule has 2 aliphatic rings. The van der Waals surface area contributed by atoms with Gasteiger partial charge in [-0.25, -0.2) is 0 Å². The second kappa shape index (κ2) is 5.11. The van der Waals surface area contributed by atoms with E-state index in [9.17, 15) is 14.9 Å². The number of para-hydroxylation sites is 1. The van der Waals surface area contributed by atoms with Crippen molar-refractivity contribution in [2.45, 2.75) is 12.5 Å². The van der Waals surface area contributed by atoms with E-state index in [-0.39, 0.29) is 16.7 Å². The molecule has 2 atom stereocenters. The molecule has 0 spiro atoms. The van der Waals surface area contributed by atoms with Gasteiger partial charge in [0.05, 0.1) is 0 Å². The topological polar surface area (TPSA) is 66.7 Å². The summed E-state index contributed by atoms with van der Waals surface area (Å²) in [6.45, 7) is 2.86. The van der Waals surface area contributed by atoms with Crippen molar-refractivity contribution in [1.82, 2.24) is 4.90 Å². The molecular weight excluding hydrogens is 258 g/mol. The third-order valence-corrected chi connectivity index (χ3v) is 4.06. The summed E-state index contributed by atoms with van der Waals surface area (Å²) in [5.74, 6) is -0.423. The molecule has 0 unspecified atom stereocenters. The molecule has 20 heavy (non-hydrogen) atoms. The lowest BCUT2D eigenvalue weighted by molar-refractivity contribution is -0.497. The number of carbonyl (C=O) groups is 1. The van der Waals surface area contributed by atoms with Gasteiger partial charge in [0, 0.05) is 43.2 Å². The van der Waals surface area contributed by atoms with E-state index in [1.165, 1.54) is 0 Å². The van der Waals surface area contributed by atoms with E-state index in [0.29, 0.717) is 19.5 Å². The van der Waals surface area contributed by atoms with Crippen molar-refractivity contribution in [3.05, 3.63) is 40.4 Å². The molecule has 0 aromatic heterocycles. The highest BCUT2D eigenvalue weighted by Gasteiger charge is 2.54. The summed E-state index contributed by atoms with van der Waals surface area (Å²) in [6.07, 6.45) is 0.407. The standard InChI is InChI=1S/C14H17N3O3/c18-14(12-10-13(12)17(19)20)16-8-6-15(7-9-16)11-4-2-1-3-5-11/h1-5,12-13H,6-10H2/t12-,13-/m0/s1. The van der Waals surface area contributed by atoms with Crippen LogP contribution in [0.4, 0.5) is 5.69 Å². The minimum Gasteiger partial charge on any atom is -0.368 e. The van der Waals surface area contributed by atoms with Crippen LogP contribution < -0.4 is 4.90 Å². The van der Waals surface area contributed by atoms with Crippen LogP contribution in [0, 0.1) is 16.0 Å². The third-order valence-electron chi connectivity index (χ3n) is 4.06. The van der Waals surface area contributed by atoms with Crippen LogP contribution in [0.25, 0.3) is 0 Å². The fourth-order valence-corrected chi connectivity index (χ4v) is 2.74. The maximum atomic E-state index is 12.1. The van der Waals surface area contributed by atoms with Crippen molar-refractivity contribution < 1.29 is 9.72 Å². The Labute approximate surface area is 117 Å². The second-order valence-corrected chi connectivity index (χ2v) is 5.34. The third kappa shape index (κ3) is 2.45. The molecule has 0 bridgehead atoms. The van der Waals surface area contributed by atoms with Gasteiger partial charge in [-0.05, 0) is 12.1 Å². The first-order chi connectivity index (χ1) is 9.66. The van der Waals surface area contributed by atoms with Crippen LogP contribution in [0.5, 0.6) is 0 Å². The number of rotatable bonds is 3. The summed E-state index contributed by atoms with van der Waals surface area (Å²) >= 11 is 0. The summed E-state index contributed by atoms with van der Waals surface area (Å²) in [7, 11) is 0. The van der Waals surface area contributed by atoms with Crippen LogP contribution in [0.1, 0.15) is 6.42 Å². The van der Waals surface area contributed by atoms with Gasteiger partial charge < -0.3 is 9.80 Å². The van der Waals surface area contributed by atoms with Gasteiger partial charge in [-0.2, -0.15) is 0 Å². The van der Waals surface area contributed by atoms with E-state index in [1.807, 2.05) is 18.2 Å². The van der Waals surface area contributed by atoms with Gasteiger partial charge in [0.15, 0.2) is 0 Å². The van der Waals surface area contributed by atoms with Crippen LogP contribution in [0.15, 0.2) is 30.3 Å². The Morgan fingerprint density at radius 2 is 1.80 bits per heavy atom. The molecule has 1 heterocycles. The zero-order chi connectivity index (χ0) is 14.1. The first-order valence-corrected chi connectivity index (χ1v) is 6.89. The first-order valence-electron chi connectivity index (χ1n) is 6.89. The second-order valence-electron chi connectivity index (χ2n) is 5.34. The number of amides is 1. The number of piperazine rings is 1. The molecule has 3 rings (SSSR count). The average molecular weight is 275 g/mol. The van der Waals surface area contributed by atoms with E-state index >= 15 is 0 Å². The van der Waals surface area contributed by atoms with Crippen molar-refractivity contribution >= 4 is 11.6 Å². The van der Waals surface area contributed by atoms with Crippen molar-refractivity contribution in [3.8, 4) is 0 Å². The molecular formula is C14H17N3O3. The Hall–Kier alpha value is -2.11. The SMILES string of the molecule is O=C([C@H]1C[C@@H]1[N+](=O)[O-])N1CCN(c2ccccc2)CC1. The van der Waals surface area contributed by atoms with Crippen molar-refractivity contribution in [2.75, 3.05) is 31.1 Å². The van der Waals surface area contributed by atoms with Gasteiger partial charge in [0.25, 0.3) is 0 Å². The zero-order valence-electron chi connectivity index (χ0n) is 11.1. The number of hydrogen-bond donors (Lipinski definition) is 0. The monoisotopic (exact) mass is 275 g/mol. The van der Waals surface area contributed by atoms with E-state index in [4.69, 9.17) is 0 Å². The highest BCUT2D eigenvalue weighted by atomic mass is 16.6. The molecule has 1 saturated carbocycles. The number of carbonyl (C=O) groups excluding carboxylic acids is 1. The van der Waals surface area contributed by atoms with Gasteiger partial charge in [-0.15, -0.1) is 0 Å². The van der Waals surface area contributed by atoms with Crippen LogP contribution >= 0.6 is 0 Å². The smallest absolute Gasteiger partial charge is 0.233 e. The van der Waals surface area contributed by atoms with Crippen molar-refractivity contribution in [3.63, 3.8) is 0 Å². The van der Waals surface area contributed by atoms with E-state index in [0.717, 1.165) is 18.8 Å². The number of hydrogen-bond acceptors (Lipinski definition) is 4. The summed E-state index contributed by atoms with van der Waals surface area (Å²) in [6, 6.07) is 9.45. The molecule has 0 radical (unpaired) electrons. The summed E-state index contributed by atoms with van der Waals surface area (Å²) in [4.78, 5) is 26.4. The predicted molar refractivity (Wildman–Crippen MR) is 74.1 cm³/mol. The summed E-state index contributed by atoms with van der Waals surface area (Å²) < 4.78 is 0. The van der Waals surface area contributed by atoms with Crippen LogP contribution in [0.3, 0.4) is 0 Å². The molecule has 6 nitrogen and oxygen atoms in total. The summed E-state index contributed by atoms with van der Waals surface area (Å²) in [5.41, 5.74) is 1.16. The van der Waals surface area contributed by atoms with Crippen LogP contribution in [-0.4, -0.2) is 48.0 Å². The molecule has 2 fully saturated rings. The molecule has 1 aliphatic heterocycles. The molecule has 1 aromatic carbocycles. The van der Waals surface area contributed by atoms with Gasteiger partial charge in [-0.1, -0.05) is 18.2 Å². The molecule has 1 amide bonds.